The molecule has 0 aliphatic carbocycles. The van der Waals surface area contributed by atoms with E-state index in [1.807, 2.05) is 19.1 Å². The zero-order valence-corrected chi connectivity index (χ0v) is 14.3. The number of nitrogens with one attached hydrogen (secondary N) is 1. The third-order valence-electron chi connectivity index (χ3n) is 3.68. The molecule has 23 heavy (non-hydrogen) atoms. The lowest BCUT2D eigenvalue weighted by molar-refractivity contribution is 0.276. The van der Waals surface area contributed by atoms with Crippen LogP contribution in [-0.2, 0) is 6.54 Å². The predicted molar refractivity (Wildman–Crippen MR) is 95.1 cm³/mol. The van der Waals surface area contributed by atoms with Gasteiger partial charge in [0, 0.05) is 12.6 Å². The van der Waals surface area contributed by atoms with Gasteiger partial charge in [-0.25, -0.2) is 0 Å². The van der Waals surface area contributed by atoms with Gasteiger partial charge in [0.1, 0.15) is 0 Å². The van der Waals surface area contributed by atoms with Crippen molar-refractivity contribution in [2.45, 2.75) is 39.8 Å². The van der Waals surface area contributed by atoms with Crippen molar-refractivity contribution in [1.29, 1.82) is 0 Å². The van der Waals surface area contributed by atoms with Crippen molar-refractivity contribution in [2.24, 2.45) is 0 Å². The first kappa shape index (κ1) is 17.4. The second-order valence-electron chi connectivity index (χ2n) is 5.58. The molecule has 3 nitrogen and oxygen atoms in total. The van der Waals surface area contributed by atoms with Crippen LogP contribution >= 0.6 is 0 Å². The second kappa shape index (κ2) is 9.21. The van der Waals surface area contributed by atoms with E-state index < -0.39 is 0 Å². The Morgan fingerprint density at radius 3 is 2.43 bits per heavy atom. The van der Waals surface area contributed by atoms with Gasteiger partial charge in [0.25, 0.3) is 0 Å². The highest BCUT2D eigenvalue weighted by Gasteiger charge is 2.08. The van der Waals surface area contributed by atoms with Crippen LogP contribution in [-0.4, -0.2) is 13.2 Å². The molecule has 1 unspecified atom stereocenters. The molecule has 1 N–H and O–H groups in total. The molecular weight excluding hydrogens is 286 g/mol. The van der Waals surface area contributed by atoms with Gasteiger partial charge in [-0.3, -0.25) is 0 Å². The Morgan fingerprint density at radius 2 is 1.74 bits per heavy atom. The summed E-state index contributed by atoms with van der Waals surface area (Å²) < 4.78 is 11.5. The van der Waals surface area contributed by atoms with Gasteiger partial charge in [-0.2, -0.15) is 0 Å². The van der Waals surface area contributed by atoms with Crippen LogP contribution in [0, 0.1) is 0 Å². The molecule has 2 aromatic rings. The highest BCUT2D eigenvalue weighted by Crippen LogP contribution is 2.29. The minimum absolute atomic E-state index is 0.308. The molecule has 3 heteroatoms. The van der Waals surface area contributed by atoms with Crippen LogP contribution in [0.15, 0.2) is 48.5 Å². The molecule has 0 amide bonds. The summed E-state index contributed by atoms with van der Waals surface area (Å²) >= 11 is 0. The summed E-state index contributed by atoms with van der Waals surface area (Å²) in [6.07, 6.45) is 0.990. The predicted octanol–water partition coefficient (Wildman–Crippen LogP) is 4.72. The smallest absolute Gasteiger partial charge is 0.161 e. The van der Waals surface area contributed by atoms with E-state index in [1.54, 1.807) is 0 Å². The van der Waals surface area contributed by atoms with Crippen molar-refractivity contribution < 1.29 is 9.47 Å². The van der Waals surface area contributed by atoms with Gasteiger partial charge in [-0.1, -0.05) is 43.3 Å². The third kappa shape index (κ3) is 5.29. The monoisotopic (exact) mass is 313 g/mol. The molecule has 0 aliphatic heterocycles. The fourth-order valence-corrected chi connectivity index (χ4v) is 2.39. The molecule has 0 spiro atoms. The lowest BCUT2D eigenvalue weighted by Crippen LogP contribution is -2.18. The van der Waals surface area contributed by atoms with E-state index in [0.29, 0.717) is 19.3 Å². The molecule has 0 radical (unpaired) electrons. The summed E-state index contributed by atoms with van der Waals surface area (Å²) in [7, 11) is 0. The van der Waals surface area contributed by atoms with Gasteiger partial charge in [0.15, 0.2) is 11.5 Å². The molecule has 0 fully saturated rings. The Hall–Kier alpha value is -2.00. The fourth-order valence-electron chi connectivity index (χ4n) is 2.39. The zero-order chi connectivity index (χ0) is 16.5. The van der Waals surface area contributed by atoms with Crippen molar-refractivity contribution in [3.05, 3.63) is 59.7 Å². The summed E-state index contributed by atoms with van der Waals surface area (Å²) in [4.78, 5) is 0. The van der Waals surface area contributed by atoms with Crippen molar-refractivity contribution in [2.75, 3.05) is 13.2 Å². The van der Waals surface area contributed by atoms with E-state index in [2.05, 4.69) is 55.6 Å². The highest BCUT2D eigenvalue weighted by atomic mass is 16.5. The largest absolute Gasteiger partial charge is 0.490 e. The maximum Gasteiger partial charge on any atom is 0.161 e. The molecule has 0 saturated carbocycles. The molecular formula is C20H27NO2. The van der Waals surface area contributed by atoms with Gasteiger partial charge in [0.2, 0.25) is 0 Å². The van der Waals surface area contributed by atoms with Crippen molar-refractivity contribution in [3.63, 3.8) is 0 Å². The number of hydrogen-bond donors (Lipinski definition) is 1. The van der Waals surface area contributed by atoms with E-state index in [4.69, 9.17) is 9.47 Å². The molecule has 1 atom stereocenters. The van der Waals surface area contributed by atoms with E-state index in [1.165, 1.54) is 11.1 Å². The number of ether oxygens (including phenoxy) is 2. The summed E-state index contributed by atoms with van der Waals surface area (Å²) in [6.45, 7) is 8.42. The lowest BCUT2D eigenvalue weighted by atomic mass is 10.1. The fraction of sp³-hybridized carbons (Fsp3) is 0.400. The van der Waals surface area contributed by atoms with Crippen LogP contribution in [0.4, 0.5) is 0 Å². The normalized spacial score (nSPS) is 12.0. The Bertz CT molecular complexity index is 583. The quantitative estimate of drug-likeness (QED) is 0.726. The Labute approximate surface area is 139 Å². The van der Waals surface area contributed by atoms with Gasteiger partial charge in [-0.05, 0) is 43.5 Å². The summed E-state index contributed by atoms with van der Waals surface area (Å²) in [6, 6.07) is 16.9. The van der Waals surface area contributed by atoms with E-state index in [-0.39, 0.29) is 0 Å². The minimum atomic E-state index is 0.308. The molecule has 2 aromatic carbocycles. The van der Waals surface area contributed by atoms with Crippen LogP contribution < -0.4 is 14.8 Å². The SMILES string of the molecule is CCCOc1ccc(CNC(C)c2ccccc2)cc1OCC. The molecule has 0 aromatic heterocycles. The van der Waals surface area contributed by atoms with Crippen LogP contribution in [0.1, 0.15) is 44.4 Å². The zero-order valence-electron chi connectivity index (χ0n) is 14.3. The lowest BCUT2D eigenvalue weighted by Gasteiger charge is -2.16. The van der Waals surface area contributed by atoms with Crippen molar-refractivity contribution in [1.82, 2.24) is 5.32 Å². The molecule has 0 heterocycles. The van der Waals surface area contributed by atoms with E-state index >= 15 is 0 Å². The highest BCUT2D eigenvalue weighted by molar-refractivity contribution is 5.43. The Kier molecular flexibility index (Phi) is 6.95. The van der Waals surface area contributed by atoms with E-state index in [9.17, 15) is 0 Å². The average molecular weight is 313 g/mol. The average Bonchev–Trinajstić information content (AvgIpc) is 2.60. The third-order valence-corrected chi connectivity index (χ3v) is 3.68. The van der Waals surface area contributed by atoms with Gasteiger partial charge in [0.05, 0.1) is 13.2 Å². The van der Waals surface area contributed by atoms with Crippen LogP contribution in [0.3, 0.4) is 0 Å². The molecule has 0 saturated heterocycles. The molecule has 124 valence electrons. The number of rotatable bonds is 9. The standard InChI is InChI=1S/C20H27NO2/c1-4-13-23-19-12-11-17(14-20(19)22-5-2)15-21-16(3)18-9-7-6-8-10-18/h6-12,14,16,21H,4-5,13,15H2,1-3H3. The first-order chi connectivity index (χ1) is 11.2. The first-order valence-corrected chi connectivity index (χ1v) is 8.41. The van der Waals surface area contributed by atoms with Gasteiger partial charge < -0.3 is 14.8 Å². The maximum absolute atomic E-state index is 5.74. The first-order valence-electron chi connectivity index (χ1n) is 8.41. The Balaban J connectivity index is 2.00. The topological polar surface area (TPSA) is 30.5 Å². The van der Waals surface area contributed by atoms with E-state index in [0.717, 1.165) is 24.5 Å². The van der Waals surface area contributed by atoms with Gasteiger partial charge in [-0.15, -0.1) is 0 Å². The van der Waals surface area contributed by atoms with Crippen molar-refractivity contribution in [3.8, 4) is 11.5 Å². The van der Waals surface area contributed by atoms with Gasteiger partial charge >= 0.3 is 0 Å². The summed E-state index contributed by atoms with van der Waals surface area (Å²) in [5.74, 6) is 1.65. The number of hydrogen-bond acceptors (Lipinski definition) is 3. The van der Waals surface area contributed by atoms with Crippen molar-refractivity contribution >= 4 is 0 Å². The molecule has 0 bridgehead atoms. The van der Waals surface area contributed by atoms with Crippen LogP contribution in [0.5, 0.6) is 11.5 Å². The number of benzene rings is 2. The van der Waals surface area contributed by atoms with Crippen LogP contribution in [0.2, 0.25) is 0 Å². The minimum Gasteiger partial charge on any atom is -0.490 e. The molecule has 0 aliphatic rings. The summed E-state index contributed by atoms with van der Waals surface area (Å²) in [5.41, 5.74) is 2.49. The Morgan fingerprint density at radius 1 is 0.957 bits per heavy atom. The summed E-state index contributed by atoms with van der Waals surface area (Å²) in [5, 5.41) is 3.55. The van der Waals surface area contributed by atoms with Crippen LogP contribution in [0.25, 0.3) is 0 Å². The maximum atomic E-state index is 5.74. The molecule has 2 rings (SSSR count). The second-order valence-corrected chi connectivity index (χ2v) is 5.58.